The Morgan fingerprint density at radius 1 is 1.04 bits per heavy atom. The van der Waals surface area contributed by atoms with E-state index in [0.29, 0.717) is 6.42 Å². The van der Waals surface area contributed by atoms with Crippen LogP contribution in [0.5, 0.6) is 0 Å². The molecule has 0 aliphatic heterocycles. The van der Waals surface area contributed by atoms with Crippen LogP contribution in [0.15, 0.2) is 11.6 Å². The molecule has 0 aromatic heterocycles. The van der Waals surface area contributed by atoms with Gasteiger partial charge in [-0.2, -0.15) is 0 Å². The average Bonchev–Trinajstić information content (AvgIpc) is 2.54. The fraction of sp³-hybridized carbons (Fsp3) is 0.778. The standard InChI is InChI=1S/C18H34O4Si/c1-8-17(20)15(6)18(14(5)12-13-21-16(7)19)22-23(9-2,10-3)11-4/h12,15,18H,8-11,13H2,1-7H3/b14-12+/t15-,18-/m0/s1. The van der Waals surface area contributed by atoms with Crippen molar-refractivity contribution in [3.8, 4) is 0 Å². The van der Waals surface area contributed by atoms with Crippen LogP contribution < -0.4 is 0 Å². The lowest BCUT2D eigenvalue weighted by molar-refractivity contribution is -0.139. The molecule has 0 radical (unpaired) electrons. The number of hydrogen-bond acceptors (Lipinski definition) is 4. The van der Waals surface area contributed by atoms with Gasteiger partial charge in [0.1, 0.15) is 12.4 Å². The Balaban J connectivity index is 5.37. The van der Waals surface area contributed by atoms with Gasteiger partial charge in [-0.1, -0.05) is 34.6 Å². The van der Waals surface area contributed by atoms with E-state index >= 15 is 0 Å². The molecule has 23 heavy (non-hydrogen) atoms. The van der Waals surface area contributed by atoms with Crippen LogP contribution in [0.2, 0.25) is 18.1 Å². The molecule has 0 fully saturated rings. The summed E-state index contributed by atoms with van der Waals surface area (Å²) in [7, 11) is -1.83. The number of rotatable bonds is 11. The number of hydrogen-bond donors (Lipinski definition) is 0. The third-order valence-corrected chi connectivity index (χ3v) is 9.38. The summed E-state index contributed by atoms with van der Waals surface area (Å²) in [6, 6.07) is 3.13. The molecule has 0 bridgehead atoms. The largest absolute Gasteiger partial charge is 0.462 e. The van der Waals surface area contributed by atoms with Crippen LogP contribution in [0.25, 0.3) is 0 Å². The molecule has 0 saturated heterocycles. The predicted molar refractivity (Wildman–Crippen MR) is 96.9 cm³/mol. The molecule has 0 spiro atoms. The van der Waals surface area contributed by atoms with Gasteiger partial charge in [0.25, 0.3) is 0 Å². The number of carbonyl (C=O) groups is 2. The molecule has 5 heteroatoms. The summed E-state index contributed by atoms with van der Waals surface area (Å²) < 4.78 is 11.6. The summed E-state index contributed by atoms with van der Waals surface area (Å²) in [6.07, 6.45) is 2.16. The molecule has 0 N–H and O–H groups in total. The van der Waals surface area contributed by atoms with E-state index in [9.17, 15) is 9.59 Å². The Bertz CT molecular complexity index is 405. The molecule has 2 atom stereocenters. The molecule has 0 aromatic carbocycles. The van der Waals surface area contributed by atoms with Crippen molar-refractivity contribution in [2.75, 3.05) is 6.61 Å². The Hall–Kier alpha value is -0.943. The smallest absolute Gasteiger partial charge is 0.302 e. The van der Waals surface area contributed by atoms with Crippen molar-refractivity contribution < 1.29 is 18.8 Å². The van der Waals surface area contributed by atoms with E-state index in [2.05, 4.69) is 20.8 Å². The van der Waals surface area contributed by atoms with E-state index in [1.54, 1.807) is 0 Å². The fourth-order valence-corrected chi connectivity index (χ4v) is 5.68. The summed E-state index contributed by atoms with van der Waals surface area (Å²) in [5.74, 6) is -0.268. The van der Waals surface area contributed by atoms with E-state index in [1.165, 1.54) is 6.92 Å². The Kier molecular flexibility index (Phi) is 10.3. The first-order chi connectivity index (χ1) is 10.8. The number of Topliss-reactive ketones (excluding diaryl/α,β-unsaturated/α-hetero) is 1. The molecule has 0 saturated carbocycles. The fourth-order valence-electron chi connectivity index (χ4n) is 2.76. The van der Waals surface area contributed by atoms with Crippen molar-refractivity contribution in [2.45, 2.75) is 79.1 Å². The molecule has 0 aliphatic carbocycles. The average molecular weight is 343 g/mol. The molecular formula is C18H34O4Si. The van der Waals surface area contributed by atoms with Gasteiger partial charge in [-0.25, -0.2) is 0 Å². The number of ketones is 1. The highest BCUT2D eigenvalue weighted by atomic mass is 28.4. The van der Waals surface area contributed by atoms with Crippen molar-refractivity contribution in [1.29, 1.82) is 0 Å². The first-order valence-electron chi connectivity index (χ1n) is 8.77. The number of ether oxygens (including phenoxy) is 1. The van der Waals surface area contributed by atoms with Gasteiger partial charge < -0.3 is 9.16 Å². The monoisotopic (exact) mass is 342 g/mol. The van der Waals surface area contributed by atoms with Gasteiger partial charge in [-0.15, -0.1) is 0 Å². The van der Waals surface area contributed by atoms with Crippen LogP contribution in [0, 0.1) is 5.92 Å². The minimum absolute atomic E-state index is 0.176. The van der Waals surface area contributed by atoms with Crippen molar-refractivity contribution in [3.63, 3.8) is 0 Å². The van der Waals surface area contributed by atoms with E-state index in [1.807, 2.05) is 26.8 Å². The minimum Gasteiger partial charge on any atom is -0.462 e. The zero-order valence-electron chi connectivity index (χ0n) is 15.9. The van der Waals surface area contributed by atoms with E-state index < -0.39 is 8.32 Å². The first kappa shape index (κ1) is 22.1. The van der Waals surface area contributed by atoms with E-state index in [0.717, 1.165) is 23.7 Å². The topological polar surface area (TPSA) is 52.6 Å². The van der Waals surface area contributed by atoms with Gasteiger partial charge in [0, 0.05) is 19.3 Å². The third-order valence-electron chi connectivity index (χ3n) is 4.76. The molecule has 0 aliphatic rings. The second-order valence-corrected chi connectivity index (χ2v) is 10.9. The van der Waals surface area contributed by atoms with Gasteiger partial charge in [0.2, 0.25) is 0 Å². The Labute approximate surface area is 142 Å². The predicted octanol–water partition coefficient (Wildman–Crippen LogP) is 4.50. The summed E-state index contributed by atoms with van der Waals surface area (Å²) in [6.45, 7) is 14.0. The first-order valence-corrected chi connectivity index (χ1v) is 11.3. The van der Waals surface area contributed by atoms with Crippen LogP contribution >= 0.6 is 0 Å². The van der Waals surface area contributed by atoms with Crippen LogP contribution in [0.3, 0.4) is 0 Å². The van der Waals surface area contributed by atoms with Gasteiger partial charge in [-0.3, -0.25) is 9.59 Å². The molecule has 4 nitrogen and oxygen atoms in total. The normalized spacial score (nSPS) is 15.2. The van der Waals surface area contributed by atoms with Crippen molar-refractivity contribution in [1.82, 2.24) is 0 Å². The molecule has 0 amide bonds. The highest BCUT2D eigenvalue weighted by Gasteiger charge is 2.36. The molecule has 0 aromatic rings. The maximum absolute atomic E-state index is 12.2. The van der Waals surface area contributed by atoms with Gasteiger partial charge in [0.15, 0.2) is 8.32 Å². The second-order valence-electron chi connectivity index (χ2n) is 6.14. The quantitative estimate of drug-likeness (QED) is 0.315. The number of carbonyl (C=O) groups excluding carboxylic acids is 2. The van der Waals surface area contributed by atoms with Crippen LogP contribution in [-0.2, 0) is 18.8 Å². The summed E-state index contributed by atoms with van der Waals surface area (Å²) in [4.78, 5) is 23.1. The zero-order valence-corrected chi connectivity index (χ0v) is 16.9. The van der Waals surface area contributed by atoms with Gasteiger partial charge >= 0.3 is 5.97 Å². The summed E-state index contributed by atoms with van der Waals surface area (Å²) in [5, 5.41) is 0. The molecule has 134 valence electrons. The van der Waals surface area contributed by atoms with Crippen LogP contribution in [0.4, 0.5) is 0 Å². The highest BCUT2D eigenvalue weighted by molar-refractivity contribution is 6.73. The van der Waals surface area contributed by atoms with Crippen molar-refractivity contribution in [2.24, 2.45) is 5.92 Å². The SMILES string of the molecule is CCC(=O)[C@H](C)[C@@H](O[Si](CC)(CC)CC)/C(C)=C/COC(C)=O. The maximum Gasteiger partial charge on any atom is 0.302 e. The summed E-state index contributed by atoms with van der Waals surface area (Å²) in [5.41, 5.74) is 0.979. The lowest BCUT2D eigenvalue weighted by atomic mass is 9.93. The summed E-state index contributed by atoms with van der Waals surface area (Å²) >= 11 is 0. The van der Waals surface area contributed by atoms with E-state index in [-0.39, 0.29) is 30.4 Å². The van der Waals surface area contributed by atoms with Crippen LogP contribution in [0.1, 0.15) is 54.9 Å². The van der Waals surface area contributed by atoms with Gasteiger partial charge in [0.05, 0.1) is 6.10 Å². The van der Waals surface area contributed by atoms with Crippen molar-refractivity contribution in [3.05, 3.63) is 11.6 Å². The number of esters is 1. The molecule has 0 unspecified atom stereocenters. The highest BCUT2D eigenvalue weighted by Crippen LogP contribution is 2.29. The maximum atomic E-state index is 12.2. The van der Waals surface area contributed by atoms with Crippen LogP contribution in [-0.4, -0.2) is 32.8 Å². The molecular weight excluding hydrogens is 308 g/mol. The lowest BCUT2D eigenvalue weighted by Crippen LogP contribution is -2.44. The lowest BCUT2D eigenvalue weighted by Gasteiger charge is -2.36. The molecule has 0 rings (SSSR count). The Morgan fingerprint density at radius 3 is 1.96 bits per heavy atom. The third kappa shape index (κ3) is 7.00. The van der Waals surface area contributed by atoms with E-state index in [4.69, 9.17) is 9.16 Å². The van der Waals surface area contributed by atoms with Gasteiger partial charge in [-0.05, 0) is 36.7 Å². The Morgan fingerprint density at radius 2 is 1.57 bits per heavy atom. The second kappa shape index (κ2) is 10.8. The molecule has 0 heterocycles. The zero-order chi connectivity index (χ0) is 18.0. The van der Waals surface area contributed by atoms with Crippen molar-refractivity contribution >= 4 is 20.1 Å². The minimum atomic E-state index is -1.83.